The lowest BCUT2D eigenvalue weighted by Gasteiger charge is -2.22. The van der Waals surface area contributed by atoms with Gasteiger partial charge >= 0.3 is 0 Å². The van der Waals surface area contributed by atoms with Crippen molar-refractivity contribution in [2.75, 3.05) is 13.1 Å². The summed E-state index contributed by atoms with van der Waals surface area (Å²) in [6.07, 6.45) is 0. The summed E-state index contributed by atoms with van der Waals surface area (Å²) in [4.78, 5) is 24.0. The first kappa shape index (κ1) is 17.2. The molecule has 112 valence electrons. The van der Waals surface area contributed by atoms with Crippen LogP contribution in [0.4, 0.5) is 5.69 Å². The number of nitro benzene ring substituents is 1. The summed E-state index contributed by atoms with van der Waals surface area (Å²) in [7, 11) is 0. The molecule has 0 aromatic heterocycles. The molecule has 6 nitrogen and oxygen atoms in total. The fraction of sp³-hybridized carbons (Fsp3) is 0.385. The third-order valence-electron chi connectivity index (χ3n) is 2.84. The summed E-state index contributed by atoms with van der Waals surface area (Å²) in [5, 5.41) is 19.6. The number of nitro groups is 1. The van der Waals surface area contributed by atoms with Crippen molar-refractivity contribution in [1.82, 2.24) is 4.90 Å². The molecule has 1 aromatic carbocycles. The molecule has 0 saturated carbocycles. The second-order valence-electron chi connectivity index (χ2n) is 4.42. The van der Waals surface area contributed by atoms with Crippen LogP contribution in [0.25, 0.3) is 0 Å². The van der Waals surface area contributed by atoms with E-state index in [1.807, 2.05) is 6.07 Å². The lowest BCUT2D eigenvalue weighted by Crippen LogP contribution is -2.34. The zero-order valence-corrected chi connectivity index (χ0v) is 13.0. The third-order valence-corrected chi connectivity index (χ3v) is 3.64. The molecular weight excluding hydrogens is 317 g/mol. The van der Waals surface area contributed by atoms with Gasteiger partial charge in [0.1, 0.15) is 0 Å². The van der Waals surface area contributed by atoms with Gasteiger partial charge in [-0.1, -0.05) is 23.2 Å². The van der Waals surface area contributed by atoms with E-state index in [2.05, 4.69) is 0 Å². The van der Waals surface area contributed by atoms with Crippen LogP contribution in [0.3, 0.4) is 0 Å². The molecule has 1 amide bonds. The summed E-state index contributed by atoms with van der Waals surface area (Å²) in [6, 6.07) is 4.22. The smallest absolute Gasteiger partial charge is 0.271 e. The van der Waals surface area contributed by atoms with Crippen molar-refractivity contribution in [1.29, 1.82) is 5.26 Å². The highest BCUT2D eigenvalue weighted by molar-refractivity contribution is 6.44. The Kier molecular flexibility index (Phi) is 5.94. The molecule has 0 aliphatic carbocycles. The molecular formula is C13H13Cl2N3O3. The van der Waals surface area contributed by atoms with E-state index in [0.29, 0.717) is 6.54 Å². The Morgan fingerprint density at radius 2 is 2.14 bits per heavy atom. The van der Waals surface area contributed by atoms with Gasteiger partial charge in [-0.15, -0.1) is 0 Å². The number of carbonyl (C=O) groups is 1. The number of rotatable bonds is 5. The first-order chi connectivity index (χ1) is 9.81. The van der Waals surface area contributed by atoms with Crippen molar-refractivity contribution in [2.24, 2.45) is 5.92 Å². The van der Waals surface area contributed by atoms with Crippen LogP contribution >= 0.6 is 23.2 Å². The minimum Gasteiger partial charge on any atom is -0.338 e. The highest BCUT2D eigenvalue weighted by Gasteiger charge is 2.23. The Bertz CT molecular complexity index is 613. The van der Waals surface area contributed by atoms with Gasteiger partial charge in [0.2, 0.25) is 0 Å². The van der Waals surface area contributed by atoms with Crippen LogP contribution in [0.1, 0.15) is 24.2 Å². The molecule has 1 aromatic rings. The zero-order chi connectivity index (χ0) is 16.2. The molecule has 0 radical (unpaired) electrons. The molecule has 21 heavy (non-hydrogen) atoms. The number of non-ortho nitro benzene ring substituents is 1. The van der Waals surface area contributed by atoms with Gasteiger partial charge in [-0.05, 0) is 13.8 Å². The van der Waals surface area contributed by atoms with Gasteiger partial charge in [-0.25, -0.2) is 0 Å². The van der Waals surface area contributed by atoms with E-state index in [1.54, 1.807) is 13.8 Å². The highest BCUT2D eigenvalue weighted by atomic mass is 35.5. The lowest BCUT2D eigenvalue weighted by molar-refractivity contribution is -0.384. The van der Waals surface area contributed by atoms with Gasteiger partial charge in [-0.2, -0.15) is 5.26 Å². The van der Waals surface area contributed by atoms with Crippen molar-refractivity contribution in [3.63, 3.8) is 0 Å². The molecule has 0 saturated heterocycles. The van der Waals surface area contributed by atoms with Gasteiger partial charge in [0.25, 0.3) is 11.6 Å². The first-order valence-electron chi connectivity index (χ1n) is 6.14. The topological polar surface area (TPSA) is 87.2 Å². The molecule has 0 bridgehead atoms. The Morgan fingerprint density at radius 1 is 1.52 bits per heavy atom. The number of nitrogens with zero attached hydrogens (tertiary/aromatic N) is 3. The summed E-state index contributed by atoms with van der Waals surface area (Å²) in [6.45, 7) is 3.98. The average Bonchev–Trinajstić information content (AvgIpc) is 2.46. The first-order valence-corrected chi connectivity index (χ1v) is 6.89. The fourth-order valence-corrected chi connectivity index (χ4v) is 2.14. The van der Waals surface area contributed by atoms with Crippen LogP contribution in [0.5, 0.6) is 0 Å². The maximum atomic E-state index is 12.4. The molecule has 8 heteroatoms. The predicted molar refractivity (Wildman–Crippen MR) is 79.5 cm³/mol. The van der Waals surface area contributed by atoms with E-state index in [4.69, 9.17) is 28.5 Å². The molecule has 0 fully saturated rings. The van der Waals surface area contributed by atoms with Crippen LogP contribution in [-0.4, -0.2) is 28.8 Å². The van der Waals surface area contributed by atoms with E-state index >= 15 is 0 Å². The Balaban J connectivity index is 3.22. The monoisotopic (exact) mass is 329 g/mol. The molecule has 0 N–H and O–H groups in total. The van der Waals surface area contributed by atoms with Crippen molar-refractivity contribution in [2.45, 2.75) is 13.8 Å². The second kappa shape index (κ2) is 7.25. The van der Waals surface area contributed by atoms with E-state index in [9.17, 15) is 14.9 Å². The maximum Gasteiger partial charge on any atom is 0.271 e. The lowest BCUT2D eigenvalue weighted by atomic mass is 10.1. The highest BCUT2D eigenvalue weighted by Crippen LogP contribution is 2.31. The van der Waals surface area contributed by atoms with Gasteiger partial charge in [0.05, 0.1) is 32.5 Å². The minimum absolute atomic E-state index is 0.0321. The fourth-order valence-electron chi connectivity index (χ4n) is 1.73. The normalized spacial score (nSPS) is 11.6. The Morgan fingerprint density at radius 3 is 2.62 bits per heavy atom. The van der Waals surface area contributed by atoms with Crippen molar-refractivity contribution in [3.8, 4) is 6.07 Å². The van der Waals surface area contributed by atoms with Crippen LogP contribution in [0, 0.1) is 27.4 Å². The van der Waals surface area contributed by atoms with Gasteiger partial charge in [0, 0.05) is 25.2 Å². The molecule has 0 heterocycles. The maximum absolute atomic E-state index is 12.4. The quantitative estimate of drug-likeness (QED) is 0.610. The molecule has 0 spiro atoms. The summed E-state index contributed by atoms with van der Waals surface area (Å²) < 4.78 is 0. The molecule has 0 aliphatic heterocycles. The van der Waals surface area contributed by atoms with Crippen molar-refractivity contribution in [3.05, 3.63) is 37.9 Å². The molecule has 1 rings (SSSR count). The van der Waals surface area contributed by atoms with E-state index in [-0.39, 0.29) is 33.8 Å². The van der Waals surface area contributed by atoms with Crippen molar-refractivity contribution < 1.29 is 9.72 Å². The van der Waals surface area contributed by atoms with Gasteiger partial charge in [-0.3, -0.25) is 14.9 Å². The summed E-state index contributed by atoms with van der Waals surface area (Å²) in [5.74, 6) is -0.850. The summed E-state index contributed by atoms with van der Waals surface area (Å²) >= 11 is 11.8. The zero-order valence-electron chi connectivity index (χ0n) is 11.5. The van der Waals surface area contributed by atoms with E-state index in [1.165, 1.54) is 4.90 Å². The third kappa shape index (κ3) is 4.06. The van der Waals surface area contributed by atoms with Crippen LogP contribution < -0.4 is 0 Å². The second-order valence-corrected chi connectivity index (χ2v) is 5.21. The standard InChI is InChI=1S/C13H13Cl2N3O3/c1-3-17(7-8(2)6-16)13(19)10-4-9(18(20)21)5-11(14)12(10)15/h4-5,8H,3,7H2,1-2H3. The van der Waals surface area contributed by atoms with Crippen LogP contribution in [0.15, 0.2) is 12.1 Å². The summed E-state index contributed by atoms with van der Waals surface area (Å²) in [5.41, 5.74) is -0.347. The van der Waals surface area contributed by atoms with Gasteiger partial charge < -0.3 is 4.90 Å². The number of carbonyl (C=O) groups excluding carboxylic acids is 1. The Hall–Kier alpha value is -1.84. The average molecular weight is 330 g/mol. The van der Waals surface area contributed by atoms with Crippen LogP contribution in [-0.2, 0) is 0 Å². The molecule has 1 atom stereocenters. The predicted octanol–water partition coefficient (Wildman–Crippen LogP) is 3.52. The number of amides is 1. The minimum atomic E-state index is -0.646. The number of halogens is 2. The number of benzene rings is 1. The molecule has 0 aliphatic rings. The number of hydrogen-bond acceptors (Lipinski definition) is 4. The number of nitriles is 1. The van der Waals surface area contributed by atoms with Gasteiger partial charge in [0.15, 0.2) is 0 Å². The Labute approximate surface area is 132 Å². The van der Waals surface area contributed by atoms with E-state index < -0.39 is 10.8 Å². The number of hydrogen-bond donors (Lipinski definition) is 0. The molecule has 1 unspecified atom stereocenters. The largest absolute Gasteiger partial charge is 0.338 e. The van der Waals surface area contributed by atoms with E-state index in [0.717, 1.165) is 12.1 Å². The SMILES string of the molecule is CCN(CC(C)C#N)C(=O)c1cc([N+](=O)[O-])cc(Cl)c1Cl. The van der Waals surface area contributed by atoms with Crippen LogP contribution in [0.2, 0.25) is 10.0 Å². The van der Waals surface area contributed by atoms with Crippen molar-refractivity contribution >= 4 is 34.8 Å².